The molecule has 1 spiro atoms. The lowest BCUT2D eigenvalue weighted by molar-refractivity contribution is 0.187. The summed E-state index contributed by atoms with van der Waals surface area (Å²) in [6, 6.07) is 11.7. The van der Waals surface area contributed by atoms with Crippen LogP contribution in [0, 0.1) is 31.1 Å². The van der Waals surface area contributed by atoms with Crippen LogP contribution in [-0.2, 0) is 6.42 Å². The van der Waals surface area contributed by atoms with Crippen molar-refractivity contribution in [3.05, 3.63) is 84.9 Å². The molecule has 8 heteroatoms. The second-order valence-electron chi connectivity index (χ2n) is 10.8. The number of piperidine rings is 1. The molecule has 0 radical (unpaired) electrons. The van der Waals surface area contributed by atoms with Gasteiger partial charge in [0.1, 0.15) is 11.6 Å². The van der Waals surface area contributed by atoms with Gasteiger partial charge in [-0.25, -0.2) is 4.98 Å². The summed E-state index contributed by atoms with van der Waals surface area (Å²) in [4.78, 5) is 22.6. The molecule has 0 unspecified atom stereocenters. The van der Waals surface area contributed by atoms with Crippen LogP contribution < -0.4 is 16.2 Å². The zero-order valence-corrected chi connectivity index (χ0v) is 23.8. The van der Waals surface area contributed by atoms with Crippen molar-refractivity contribution in [2.45, 2.75) is 39.2 Å². The minimum absolute atomic E-state index is 0.0147. The van der Waals surface area contributed by atoms with E-state index in [9.17, 15) is 4.79 Å². The minimum Gasteiger partial charge on any atom is -0.356 e. The number of aryl methyl sites for hydroxylation is 1. The van der Waals surface area contributed by atoms with Crippen LogP contribution in [0.3, 0.4) is 0 Å². The first kappa shape index (κ1) is 26.8. The van der Waals surface area contributed by atoms with E-state index in [-0.39, 0.29) is 17.0 Å². The highest BCUT2D eigenvalue weighted by atomic mass is 35.5. The van der Waals surface area contributed by atoms with Crippen LogP contribution in [-0.4, -0.2) is 48.2 Å². The number of halogens is 2. The van der Waals surface area contributed by atoms with Crippen LogP contribution in [0.5, 0.6) is 0 Å². The molecule has 3 aromatic rings. The number of nitrogens with zero attached hydrogens (tertiary/aromatic N) is 4. The molecule has 1 aromatic heterocycles. The number of anilines is 1. The maximum atomic E-state index is 13.5. The first-order valence-electron chi connectivity index (χ1n) is 12.9. The molecule has 1 saturated heterocycles. The van der Waals surface area contributed by atoms with Gasteiger partial charge in [0.25, 0.3) is 5.56 Å². The van der Waals surface area contributed by atoms with Crippen molar-refractivity contribution >= 4 is 29.0 Å². The summed E-state index contributed by atoms with van der Waals surface area (Å²) in [5, 5.41) is 0.745. The maximum absolute atomic E-state index is 13.5. The number of benzene rings is 2. The van der Waals surface area contributed by atoms with E-state index < -0.39 is 0 Å². The number of nitrogens with two attached hydrogens (primary N) is 1. The molecular formula is C30H33Cl2N5O. The van der Waals surface area contributed by atoms with E-state index >= 15 is 0 Å². The van der Waals surface area contributed by atoms with Crippen LogP contribution in [0.25, 0.3) is 5.69 Å². The Morgan fingerprint density at radius 3 is 2.61 bits per heavy atom. The zero-order chi connectivity index (χ0) is 27.2. The lowest BCUT2D eigenvalue weighted by atomic mass is 9.73. The van der Waals surface area contributed by atoms with Gasteiger partial charge in [-0.1, -0.05) is 47.2 Å². The summed E-state index contributed by atoms with van der Waals surface area (Å²) in [5.41, 5.74) is 11.5. The van der Waals surface area contributed by atoms with Crippen molar-refractivity contribution in [2.24, 2.45) is 11.1 Å². The van der Waals surface area contributed by atoms with E-state index in [2.05, 4.69) is 39.8 Å². The molecule has 6 nitrogen and oxygen atoms in total. The van der Waals surface area contributed by atoms with Crippen molar-refractivity contribution in [3.8, 4) is 17.5 Å². The average Bonchev–Trinajstić information content (AvgIpc) is 3.15. The van der Waals surface area contributed by atoms with Gasteiger partial charge in [0.2, 0.25) is 0 Å². The van der Waals surface area contributed by atoms with E-state index in [4.69, 9.17) is 33.9 Å². The summed E-state index contributed by atoms with van der Waals surface area (Å²) in [7, 11) is 4.03. The molecule has 1 atom stereocenters. The first-order valence-corrected chi connectivity index (χ1v) is 13.7. The highest BCUT2D eigenvalue weighted by Crippen LogP contribution is 2.51. The van der Waals surface area contributed by atoms with Crippen LogP contribution in [0.15, 0.2) is 41.2 Å². The number of aromatic nitrogens is 2. The van der Waals surface area contributed by atoms with Crippen molar-refractivity contribution in [3.63, 3.8) is 0 Å². The van der Waals surface area contributed by atoms with E-state index in [1.807, 2.05) is 27.9 Å². The zero-order valence-electron chi connectivity index (χ0n) is 22.3. The number of rotatable bonds is 3. The van der Waals surface area contributed by atoms with Gasteiger partial charge in [-0.2, -0.15) is 0 Å². The Balaban J connectivity index is 1.36. The van der Waals surface area contributed by atoms with E-state index in [1.165, 1.54) is 11.1 Å². The third kappa shape index (κ3) is 4.74. The summed E-state index contributed by atoms with van der Waals surface area (Å²) in [6.07, 6.45) is 2.85. The van der Waals surface area contributed by atoms with Crippen molar-refractivity contribution < 1.29 is 0 Å². The lowest BCUT2D eigenvalue weighted by Gasteiger charge is -2.43. The summed E-state index contributed by atoms with van der Waals surface area (Å²) in [6.45, 7) is 5.99. The van der Waals surface area contributed by atoms with Gasteiger partial charge >= 0.3 is 0 Å². The fourth-order valence-electron chi connectivity index (χ4n) is 5.85. The second kappa shape index (κ2) is 10.4. The molecular weight excluding hydrogens is 517 g/mol. The Kier molecular flexibility index (Phi) is 7.32. The molecule has 0 saturated carbocycles. The Hall–Kier alpha value is -2.82. The number of hydrogen-bond acceptors (Lipinski definition) is 5. The van der Waals surface area contributed by atoms with Gasteiger partial charge in [0.05, 0.1) is 27.8 Å². The molecule has 5 rings (SSSR count). The molecule has 1 aliphatic carbocycles. The lowest BCUT2D eigenvalue weighted by Crippen LogP contribution is -2.45. The largest absolute Gasteiger partial charge is 0.356 e. The minimum atomic E-state index is -0.134. The molecule has 2 aromatic carbocycles. The van der Waals surface area contributed by atoms with Crippen molar-refractivity contribution in [1.29, 1.82) is 0 Å². The molecule has 198 valence electrons. The predicted octanol–water partition coefficient (Wildman–Crippen LogP) is 4.91. The van der Waals surface area contributed by atoms with Gasteiger partial charge in [-0.15, -0.1) is 0 Å². The van der Waals surface area contributed by atoms with Crippen LogP contribution in [0.4, 0.5) is 5.82 Å². The SMILES string of the molecule is Cc1c(N2CCC3(CC2)Cc2ccc(C#CCN(C)C)cc2[C@H]3N)nc(C)n(-c2cccc(Cl)c2Cl)c1=O. The Morgan fingerprint density at radius 2 is 1.89 bits per heavy atom. The maximum Gasteiger partial charge on any atom is 0.263 e. The average molecular weight is 551 g/mol. The van der Waals surface area contributed by atoms with Crippen LogP contribution in [0.2, 0.25) is 10.0 Å². The first-order chi connectivity index (χ1) is 18.1. The molecule has 1 aliphatic heterocycles. The Bertz CT molecular complexity index is 1510. The summed E-state index contributed by atoms with van der Waals surface area (Å²) >= 11 is 12.6. The van der Waals surface area contributed by atoms with Gasteiger partial charge in [0, 0.05) is 24.7 Å². The van der Waals surface area contributed by atoms with Gasteiger partial charge in [0.15, 0.2) is 0 Å². The quantitative estimate of drug-likeness (QED) is 0.470. The summed E-state index contributed by atoms with van der Waals surface area (Å²) < 4.78 is 1.54. The molecule has 2 aliphatic rings. The second-order valence-corrected chi connectivity index (χ2v) is 11.6. The van der Waals surface area contributed by atoms with Gasteiger partial charge in [-0.3, -0.25) is 14.3 Å². The van der Waals surface area contributed by atoms with Crippen molar-refractivity contribution in [2.75, 3.05) is 38.6 Å². The number of fused-ring (bicyclic) bond motifs is 1. The highest BCUT2D eigenvalue weighted by Gasteiger charge is 2.46. The Labute approximate surface area is 234 Å². The summed E-state index contributed by atoms with van der Waals surface area (Å²) in [5.74, 6) is 7.80. The van der Waals surface area contributed by atoms with Crippen LogP contribution in [0.1, 0.15) is 47.0 Å². The monoisotopic (exact) mass is 549 g/mol. The molecule has 2 heterocycles. The third-order valence-corrected chi connectivity index (χ3v) is 8.80. The van der Waals surface area contributed by atoms with Crippen molar-refractivity contribution in [1.82, 2.24) is 14.5 Å². The normalized spacial score (nSPS) is 18.0. The third-order valence-electron chi connectivity index (χ3n) is 7.99. The highest BCUT2D eigenvalue weighted by molar-refractivity contribution is 6.43. The van der Waals surface area contributed by atoms with E-state index in [0.29, 0.717) is 27.1 Å². The molecule has 38 heavy (non-hydrogen) atoms. The van der Waals surface area contributed by atoms with Crippen LogP contribution >= 0.6 is 23.2 Å². The molecule has 2 N–H and O–H groups in total. The van der Waals surface area contributed by atoms with Gasteiger partial charge < -0.3 is 10.6 Å². The molecule has 0 amide bonds. The van der Waals surface area contributed by atoms with Gasteiger partial charge in [-0.05, 0) is 88.0 Å². The predicted molar refractivity (Wildman–Crippen MR) is 156 cm³/mol. The molecule has 0 bridgehead atoms. The number of hydrogen-bond donors (Lipinski definition) is 1. The standard InChI is InChI=1S/C30H33Cl2N5O/c1-19-28(34-20(2)37(29(19)38)25-9-5-8-24(31)26(25)32)36-15-12-30(13-16-36)18-22-11-10-21(7-6-14-35(3)4)17-23(22)27(30)33/h5,8-11,17,27H,12-16,18,33H2,1-4H3/t27-/m1/s1. The van der Waals surface area contributed by atoms with E-state index in [0.717, 1.165) is 50.3 Å². The Morgan fingerprint density at radius 1 is 1.16 bits per heavy atom. The fraction of sp³-hybridized carbons (Fsp3) is 0.400. The van der Waals surface area contributed by atoms with E-state index in [1.54, 1.807) is 22.8 Å². The molecule has 1 fully saturated rings. The topological polar surface area (TPSA) is 67.4 Å². The smallest absolute Gasteiger partial charge is 0.263 e. The fourth-order valence-corrected chi connectivity index (χ4v) is 6.23.